The first-order chi connectivity index (χ1) is 11.4. The molecule has 1 saturated carbocycles. The lowest BCUT2D eigenvalue weighted by atomic mass is 9.94. The molecule has 0 radical (unpaired) electrons. The Labute approximate surface area is 145 Å². The van der Waals surface area contributed by atoms with Gasteiger partial charge in [0.1, 0.15) is 0 Å². The van der Waals surface area contributed by atoms with Crippen molar-refractivity contribution in [2.75, 3.05) is 26.4 Å². The van der Waals surface area contributed by atoms with Crippen LogP contribution in [0.2, 0.25) is 0 Å². The average molecular weight is 353 g/mol. The predicted octanol–water partition coefficient (Wildman–Crippen LogP) is 2.47. The van der Waals surface area contributed by atoms with Crippen LogP contribution in [0.4, 0.5) is 0 Å². The first-order valence-electron chi connectivity index (χ1n) is 8.66. The van der Waals surface area contributed by atoms with Crippen molar-refractivity contribution in [3.8, 4) is 0 Å². The maximum atomic E-state index is 12.2. The Morgan fingerprint density at radius 1 is 1.25 bits per heavy atom. The highest BCUT2D eigenvalue weighted by molar-refractivity contribution is 7.90. The van der Waals surface area contributed by atoms with Gasteiger partial charge < -0.3 is 10.2 Å². The first kappa shape index (κ1) is 18.9. The summed E-state index contributed by atoms with van der Waals surface area (Å²) in [5.74, 6) is -0.221. The lowest BCUT2D eigenvalue weighted by Crippen LogP contribution is -2.35. The fourth-order valence-electron chi connectivity index (χ4n) is 3.20. The van der Waals surface area contributed by atoms with Crippen molar-refractivity contribution in [2.24, 2.45) is 0 Å². The Bertz CT molecular complexity index is 652. The van der Waals surface area contributed by atoms with E-state index in [2.05, 4.69) is 17.3 Å². The van der Waals surface area contributed by atoms with E-state index in [1.807, 2.05) is 0 Å². The molecule has 1 aromatic rings. The summed E-state index contributed by atoms with van der Waals surface area (Å²) in [6, 6.07) is 6.85. The number of nitrogens with zero attached hydrogens (tertiary/aromatic N) is 1. The number of hydrogen-bond acceptors (Lipinski definition) is 4. The second-order valence-electron chi connectivity index (χ2n) is 6.68. The van der Waals surface area contributed by atoms with Crippen LogP contribution in [-0.2, 0) is 9.84 Å². The molecule has 1 fully saturated rings. The Balaban J connectivity index is 1.77. The summed E-state index contributed by atoms with van der Waals surface area (Å²) >= 11 is 0. The van der Waals surface area contributed by atoms with E-state index in [1.165, 1.54) is 44.2 Å². The minimum absolute atomic E-state index is 0.173. The van der Waals surface area contributed by atoms with Gasteiger partial charge in [0.25, 0.3) is 5.91 Å². The maximum absolute atomic E-state index is 12.2. The molecular weight excluding hydrogens is 324 g/mol. The number of hydrogen-bond donors (Lipinski definition) is 1. The molecular formula is C18H28N2O3S. The number of sulfone groups is 1. The van der Waals surface area contributed by atoms with E-state index >= 15 is 0 Å². The van der Waals surface area contributed by atoms with E-state index in [4.69, 9.17) is 0 Å². The molecule has 0 bridgehead atoms. The molecule has 2 rings (SSSR count). The van der Waals surface area contributed by atoms with Gasteiger partial charge in [-0.05, 0) is 51.1 Å². The van der Waals surface area contributed by atoms with Gasteiger partial charge in [-0.1, -0.05) is 25.3 Å². The van der Waals surface area contributed by atoms with Gasteiger partial charge in [-0.2, -0.15) is 0 Å². The summed E-state index contributed by atoms with van der Waals surface area (Å²) in [5.41, 5.74) is 0.388. The van der Waals surface area contributed by atoms with Crippen molar-refractivity contribution in [2.45, 2.75) is 49.5 Å². The number of amides is 1. The van der Waals surface area contributed by atoms with Crippen LogP contribution in [0.25, 0.3) is 0 Å². The van der Waals surface area contributed by atoms with Crippen LogP contribution in [0, 0.1) is 0 Å². The molecule has 24 heavy (non-hydrogen) atoms. The molecule has 6 heteroatoms. The fraction of sp³-hybridized carbons (Fsp3) is 0.611. The van der Waals surface area contributed by atoms with Crippen LogP contribution in [0.15, 0.2) is 29.2 Å². The molecule has 0 aromatic heterocycles. The summed E-state index contributed by atoms with van der Waals surface area (Å²) in [5, 5.41) is 2.88. The van der Waals surface area contributed by atoms with Crippen molar-refractivity contribution in [1.82, 2.24) is 10.2 Å². The van der Waals surface area contributed by atoms with E-state index in [0.717, 1.165) is 19.2 Å². The quantitative estimate of drug-likeness (QED) is 0.766. The van der Waals surface area contributed by atoms with E-state index in [1.54, 1.807) is 12.1 Å². The average Bonchev–Trinajstić information content (AvgIpc) is 2.58. The predicted molar refractivity (Wildman–Crippen MR) is 96.0 cm³/mol. The largest absolute Gasteiger partial charge is 0.352 e. The molecule has 0 atom stereocenters. The molecule has 5 nitrogen and oxygen atoms in total. The Morgan fingerprint density at radius 3 is 2.62 bits per heavy atom. The van der Waals surface area contributed by atoms with Gasteiger partial charge in [0.15, 0.2) is 9.84 Å². The standard InChI is InChI=1S/C18H28N2O3S/c1-20(16-9-4-3-5-10-16)13-7-12-19-18(21)15-8-6-11-17(14-15)24(2,22)23/h6,8,11,14,16H,3-5,7,9-10,12-13H2,1-2H3,(H,19,21). The molecule has 0 heterocycles. The topological polar surface area (TPSA) is 66.5 Å². The van der Waals surface area contributed by atoms with Gasteiger partial charge in [0.05, 0.1) is 4.90 Å². The van der Waals surface area contributed by atoms with Crippen molar-refractivity contribution in [3.63, 3.8) is 0 Å². The second kappa shape index (κ2) is 8.62. The number of benzene rings is 1. The highest BCUT2D eigenvalue weighted by atomic mass is 32.2. The SMILES string of the molecule is CN(CCCNC(=O)c1cccc(S(C)(=O)=O)c1)C1CCCCC1. The Kier molecular flexibility index (Phi) is 6.80. The molecule has 1 aromatic carbocycles. The monoisotopic (exact) mass is 352 g/mol. The minimum Gasteiger partial charge on any atom is -0.352 e. The van der Waals surface area contributed by atoms with Gasteiger partial charge in [0.2, 0.25) is 0 Å². The van der Waals surface area contributed by atoms with Crippen LogP contribution in [0.3, 0.4) is 0 Å². The molecule has 1 aliphatic rings. The van der Waals surface area contributed by atoms with Crippen LogP contribution < -0.4 is 5.32 Å². The number of nitrogens with one attached hydrogen (secondary N) is 1. The third kappa shape index (κ3) is 5.60. The molecule has 0 aliphatic heterocycles. The van der Waals surface area contributed by atoms with E-state index in [0.29, 0.717) is 18.2 Å². The maximum Gasteiger partial charge on any atom is 0.251 e. The summed E-state index contributed by atoms with van der Waals surface area (Å²) in [4.78, 5) is 14.7. The van der Waals surface area contributed by atoms with Gasteiger partial charge in [-0.15, -0.1) is 0 Å². The first-order valence-corrected chi connectivity index (χ1v) is 10.6. The normalized spacial score (nSPS) is 16.3. The van der Waals surface area contributed by atoms with Crippen molar-refractivity contribution < 1.29 is 13.2 Å². The molecule has 0 saturated heterocycles. The lowest BCUT2D eigenvalue weighted by molar-refractivity contribution is 0.0950. The van der Waals surface area contributed by atoms with E-state index in [-0.39, 0.29) is 10.8 Å². The number of rotatable bonds is 7. The minimum atomic E-state index is -3.29. The Hall–Kier alpha value is -1.40. The fourth-order valence-corrected chi connectivity index (χ4v) is 3.87. The van der Waals surface area contributed by atoms with Crippen LogP contribution >= 0.6 is 0 Å². The lowest BCUT2D eigenvalue weighted by Gasteiger charge is -2.31. The van der Waals surface area contributed by atoms with Crippen LogP contribution in [0.1, 0.15) is 48.9 Å². The molecule has 1 N–H and O–H groups in total. The van der Waals surface area contributed by atoms with E-state index < -0.39 is 9.84 Å². The van der Waals surface area contributed by atoms with Crippen LogP contribution in [-0.4, -0.2) is 51.7 Å². The summed E-state index contributed by atoms with van der Waals surface area (Å²) in [7, 11) is -1.13. The molecule has 1 aliphatic carbocycles. The molecule has 134 valence electrons. The van der Waals surface area contributed by atoms with Crippen molar-refractivity contribution >= 4 is 15.7 Å². The Morgan fingerprint density at radius 2 is 1.96 bits per heavy atom. The highest BCUT2D eigenvalue weighted by Crippen LogP contribution is 2.21. The highest BCUT2D eigenvalue weighted by Gasteiger charge is 2.17. The smallest absolute Gasteiger partial charge is 0.251 e. The zero-order valence-corrected chi connectivity index (χ0v) is 15.4. The molecule has 0 spiro atoms. The van der Waals surface area contributed by atoms with Gasteiger partial charge >= 0.3 is 0 Å². The van der Waals surface area contributed by atoms with Gasteiger partial charge in [0, 0.05) is 24.4 Å². The van der Waals surface area contributed by atoms with Crippen LogP contribution in [0.5, 0.6) is 0 Å². The molecule has 0 unspecified atom stereocenters. The third-order valence-corrected chi connectivity index (χ3v) is 5.81. The van der Waals surface area contributed by atoms with Crippen molar-refractivity contribution in [1.29, 1.82) is 0 Å². The van der Waals surface area contributed by atoms with Gasteiger partial charge in [-0.25, -0.2) is 8.42 Å². The molecule has 1 amide bonds. The van der Waals surface area contributed by atoms with E-state index in [9.17, 15) is 13.2 Å². The number of carbonyl (C=O) groups excluding carboxylic acids is 1. The second-order valence-corrected chi connectivity index (χ2v) is 8.70. The number of carbonyl (C=O) groups is 1. The third-order valence-electron chi connectivity index (χ3n) is 4.70. The summed E-state index contributed by atoms with van der Waals surface area (Å²) < 4.78 is 23.1. The van der Waals surface area contributed by atoms with Crippen molar-refractivity contribution in [3.05, 3.63) is 29.8 Å². The zero-order chi connectivity index (χ0) is 17.6. The van der Waals surface area contributed by atoms with Gasteiger partial charge in [-0.3, -0.25) is 4.79 Å². The summed E-state index contributed by atoms with van der Waals surface area (Å²) in [6.45, 7) is 1.56. The zero-order valence-electron chi connectivity index (χ0n) is 14.6. The summed E-state index contributed by atoms with van der Waals surface area (Å²) in [6.07, 6.45) is 8.59.